The van der Waals surface area contributed by atoms with Crippen LogP contribution in [0.2, 0.25) is 0 Å². The molecule has 0 spiro atoms. The standard InChI is InChI=1S/C17H21N5O/c1-4-9-22(12-15-18-8-11-20(15)2)17(23)14-6-5-13-7-10-21(3)16(13)19-14/h5-8,10-11H,4,9,12H2,1-3H3. The number of nitrogens with zero attached hydrogens (tertiary/aromatic N) is 5. The van der Waals surface area contributed by atoms with E-state index in [-0.39, 0.29) is 5.91 Å². The molecule has 6 nitrogen and oxygen atoms in total. The number of hydrogen-bond donors (Lipinski definition) is 0. The zero-order valence-electron chi connectivity index (χ0n) is 13.7. The van der Waals surface area contributed by atoms with Crippen LogP contribution in [0.5, 0.6) is 0 Å². The minimum Gasteiger partial charge on any atom is -0.337 e. The van der Waals surface area contributed by atoms with E-state index in [1.54, 1.807) is 17.2 Å². The van der Waals surface area contributed by atoms with Gasteiger partial charge >= 0.3 is 0 Å². The Morgan fingerprint density at radius 2 is 2.00 bits per heavy atom. The zero-order valence-corrected chi connectivity index (χ0v) is 13.7. The minimum atomic E-state index is -0.0575. The topological polar surface area (TPSA) is 56.0 Å². The van der Waals surface area contributed by atoms with E-state index in [1.807, 2.05) is 47.8 Å². The van der Waals surface area contributed by atoms with Gasteiger partial charge < -0.3 is 14.0 Å². The molecule has 0 saturated heterocycles. The second-order valence-electron chi connectivity index (χ2n) is 5.72. The Bertz CT molecular complexity index is 832. The van der Waals surface area contributed by atoms with E-state index in [0.717, 1.165) is 23.3 Å². The third-order valence-electron chi connectivity index (χ3n) is 3.97. The summed E-state index contributed by atoms with van der Waals surface area (Å²) in [4.78, 5) is 23.5. The second-order valence-corrected chi connectivity index (χ2v) is 5.72. The molecule has 0 aliphatic rings. The van der Waals surface area contributed by atoms with Gasteiger partial charge in [0.25, 0.3) is 5.91 Å². The van der Waals surface area contributed by atoms with Crippen LogP contribution in [0.1, 0.15) is 29.7 Å². The Kier molecular flexibility index (Phi) is 4.14. The summed E-state index contributed by atoms with van der Waals surface area (Å²) >= 11 is 0. The quantitative estimate of drug-likeness (QED) is 0.727. The first kappa shape index (κ1) is 15.3. The van der Waals surface area contributed by atoms with Crippen LogP contribution < -0.4 is 0 Å². The molecule has 0 unspecified atom stereocenters. The van der Waals surface area contributed by atoms with Crippen molar-refractivity contribution in [2.75, 3.05) is 6.54 Å². The number of imidazole rings is 1. The van der Waals surface area contributed by atoms with Gasteiger partial charge in [0.2, 0.25) is 0 Å². The first-order valence-electron chi connectivity index (χ1n) is 7.77. The number of pyridine rings is 1. The molecule has 23 heavy (non-hydrogen) atoms. The lowest BCUT2D eigenvalue weighted by molar-refractivity contribution is 0.0732. The molecule has 0 N–H and O–H groups in total. The van der Waals surface area contributed by atoms with Crippen LogP contribution in [0.15, 0.2) is 36.8 Å². The third kappa shape index (κ3) is 2.97. The highest BCUT2D eigenvalue weighted by molar-refractivity contribution is 5.94. The molecule has 0 aromatic carbocycles. The molecule has 3 rings (SSSR count). The lowest BCUT2D eigenvalue weighted by Gasteiger charge is -2.21. The highest BCUT2D eigenvalue weighted by atomic mass is 16.2. The number of amides is 1. The zero-order chi connectivity index (χ0) is 16.4. The maximum atomic E-state index is 12.9. The number of fused-ring (bicyclic) bond motifs is 1. The van der Waals surface area contributed by atoms with Gasteiger partial charge in [-0.2, -0.15) is 0 Å². The Labute approximate surface area is 135 Å². The first-order chi connectivity index (χ1) is 11.1. The number of aryl methyl sites for hydroxylation is 2. The third-order valence-corrected chi connectivity index (χ3v) is 3.97. The summed E-state index contributed by atoms with van der Waals surface area (Å²) in [5.74, 6) is 0.810. The fraction of sp³-hybridized carbons (Fsp3) is 0.353. The van der Waals surface area contributed by atoms with Gasteiger partial charge in [-0.25, -0.2) is 9.97 Å². The van der Waals surface area contributed by atoms with E-state index in [2.05, 4.69) is 16.9 Å². The fourth-order valence-electron chi connectivity index (χ4n) is 2.66. The molecule has 1 amide bonds. The van der Waals surface area contributed by atoms with Crippen LogP contribution >= 0.6 is 0 Å². The summed E-state index contributed by atoms with van der Waals surface area (Å²) in [6.45, 7) is 3.23. The predicted octanol–water partition coefficient (Wildman–Crippen LogP) is 2.36. The van der Waals surface area contributed by atoms with E-state index in [9.17, 15) is 4.79 Å². The molecular weight excluding hydrogens is 290 g/mol. The molecule has 6 heteroatoms. The molecule has 0 radical (unpaired) electrons. The van der Waals surface area contributed by atoms with Crippen molar-refractivity contribution < 1.29 is 4.79 Å². The monoisotopic (exact) mass is 311 g/mol. The molecule has 0 fully saturated rings. The van der Waals surface area contributed by atoms with Gasteiger partial charge in [-0.1, -0.05) is 6.92 Å². The SMILES string of the molecule is CCCN(Cc1nccn1C)C(=O)c1ccc2ccn(C)c2n1. The summed E-state index contributed by atoms with van der Waals surface area (Å²) in [7, 11) is 3.87. The van der Waals surface area contributed by atoms with Crippen LogP contribution in [-0.2, 0) is 20.6 Å². The minimum absolute atomic E-state index is 0.0575. The molecule has 3 heterocycles. The molecular formula is C17H21N5O. The summed E-state index contributed by atoms with van der Waals surface area (Å²) in [5.41, 5.74) is 1.30. The van der Waals surface area contributed by atoms with Crippen molar-refractivity contribution >= 4 is 16.9 Å². The van der Waals surface area contributed by atoms with Crippen molar-refractivity contribution in [3.05, 3.63) is 48.3 Å². The molecule has 120 valence electrons. The van der Waals surface area contributed by atoms with Gasteiger partial charge in [0, 0.05) is 44.6 Å². The Balaban J connectivity index is 1.89. The molecule has 3 aromatic heterocycles. The number of carbonyl (C=O) groups is 1. The number of hydrogen-bond acceptors (Lipinski definition) is 3. The molecule has 0 aliphatic carbocycles. The van der Waals surface area contributed by atoms with Crippen molar-refractivity contribution in [3.63, 3.8) is 0 Å². The average molecular weight is 311 g/mol. The number of carbonyl (C=O) groups excluding carboxylic acids is 1. The van der Waals surface area contributed by atoms with Crippen LogP contribution in [0, 0.1) is 0 Å². The van der Waals surface area contributed by atoms with E-state index in [1.165, 1.54) is 0 Å². The summed E-state index contributed by atoms with van der Waals surface area (Å²) < 4.78 is 3.86. The first-order valence-corrected chi connectivity index (χ1v) is 7.77. The van der Waals surface area contributed by atoms with Crippen molar-refractivity contribution in [1.82, 2.24) is 24.0 Å². The van der Waals surface area contributed by atoms with E-state index >= 15 is 0 Å². The fourth-order valence-corrected chi connectivity index (χ4v) is 2.66. The Hall–Kier alpha value is -2.63. The Morgan fingerprint density at radius 3 is 2.70 bits per heavy atom. The van der Waals surface area contributed by atoms with Crippen LogP contribution in [0.25, 0.3) is 11.0 Å². The lowest BCUT2D eigenvalue weighted by Crippen LogP contribution is -2.33. The molecule has 0 aliphatic heterocycles. The number of rotatable bonds is 5. The van der Waals surface area contributed by atoms with Crippen LogP contribution in [-0.4, -0.2) is 36.5 Å². The van der Waals surface area contributed by atoms with Crippen LogP contribution in [0.4, 0.5) is 0 Å². The normalized spacial score (nSPS) is 11.1. The smallest absolute Gasteiger partial charge is 0.272 e. The average Bonchev–Trinajstić information content (AvgIpc) is 3.12. The maximum Gasteiger partial charge on any atom is 0.272 e. The summed E-state index contributed by atoms with van der Waals surface area (Å²) in [6.07, 6.45) is 6.47. The summed E-state index contributed by atoms with van der Waals surface area (Å²) in [6, 6.07) is 5.74. The van der Waals surface area contributed by atoms with Crippen LogP contribution in [0.3, 0.4) is 0 Å². The van der Waals surface area contributed by atoms with Gasteiger partial charge in [-0.05, 0) is 24.6 Å². The van der Waals surface area contributed by atoms with Crippen molar-refractivity contribution in [2.24, 2.45) is 14.1 Å². The van der Waals surface area contributed by atoms with Gasteiger partial charge in [0.1, 0.15) is 17.2 Å². The molecule has 3 aromatic rings. The van der Waals surface area contributed by atoms with E-state index < -0.39 is 0 Å². The van der Waals surface area contributed by atoms with Crippen molar-refractivity contribution in [2.45, 2.75) is 19.9 Å². The Morgan fingerprint density at radius 1 is 1.17 bits per heavy atom. The maximum absolute atomic E-state index is 12.9. The van der Waals surface area contributed by atoms with Crippen molar-refractivity contribution in [3.8, 4) is 0 Å². The molecule has 0 atom stereocenters. The van der Waals surface area contributed by atoms with E-state index in [0.29, 0.717) is 18.8 Å². The molecule has 0 bridgehead atoms. The van der Waals surface area contributed by atoms with Gasteiger partial charge in [-0.3, -0.25) is 4.79 Å². The summed E-state index contributed by atoms with van der Waals surface area (Å²) in [5, 5.41) is 1.04. The largest absolute Gasteiger partial charge is 0.337 e. The highest BCUT2D eigenvalue weighted by Crippen LogP contribution is 2.15. The highest BCUT2D eigenvalue weighted by Gasteiger charge is 2.19. The van der Waals surface area contributed by atoms with Gasteiger partial charge in [0.15, 0.2) is 0 Å². The van der Waals surface area contributed by atoms with Crippen molar-refractivity contribution in [1.29, 1.82) is 0 Å². The van der Waals surface area contributed by atoms with Gasteiger partial charge in [0.05, 0.1) is 6.54 Å². The van der Waals surface area contributed by atoms with E-state index in [4.69, 9.17) is 0 Å². The molecule has 0 saturated carbocycles. The van der Waals surface area contributed by atoms with Gasteiger partial charge in [-0.15, -0.1) is 0 Å². The number of aromatic nitrogens is 4. The predicted molar refractivity (Wildman–Crippen MR) is 89.0 cm³/mol. The second kappa shape index (κ2) is 6.24. The lowest BCUT2D eigenvalue weighted by atomic mass is 10.2.